The minimum absolute atomic E-state index is 0.226. The van der Waals surface area contributed by atoms with E-state index < -0.39 is 16.5 Å². The Morgan fingerprint density at radius 1 is 1.30 bits per heavy atom. The number of hydrogen-bond acceptors (Lipinski definition) is 4. The molecule has 1 rings (SSSR count). The van der Waals surface area contributed by atoms with Gasteiger partial charge in [0.15, 0.2) is 10.4 Å². The number of amides is 1. The average molecular weight is 315 g/mol. The van der Waals surface area contributed by atoms with Crippen molar-refractivity contribution in [3.8, 4) is 0 Å². The molecule has 112 valence electrons. The Hall–Kier alpha value is -0.850. The van der Waals surface area contributed by atoms with Crippen LogP contribution in [-0.4, -0.2) is 21.5 Å². The van der Waals surface area contributed by atoms with Crippen molar-refractivity contribution in [2.45, 2.75) is 45.5 Å². The van der Waals surface area contributed by atoms with Crippen molar-refractivity contribution in [1.29, 1.82) is 0 Å². The van der Waals surface area contributed by atoms with E-state index >= 15 is 0 Å². The fourth-order valence-corrected chi connectivity index (χ4v) is 4.22. The molecule has 0 radical (unpaired) electrons. The summed E-state index contributed by atoms with van der Waals surface area (Å²) in [5.74, 6) is 0. The van der Waals surface area contributed by atoms with E-state index in [1.54, 1.807) is 38.1 Å². The van der Waals surface area contributed by atoms with Crippen molar-refractivity contribution in [2.75, 3.05) is 4.31 Å². The number of anilines is 1. The van der Waals surface area contributed by atoms with Gasteiger partial charge in [0.1, 0.15) is 10.8 Å². The summed E-state index contributed by atoms with van der Waals surface area (Å²) in [6.07, 6.45) is -0.855. The minimum Gasteiger partial charge on any atom is -0.581 e. The van der Waals surface area contributed by atoms with Crippen LogP contribution in [0.4, 0.5) is 10.5 Å². The van der Waals surface area contributed by atoms with Crippen LogP contribution in [0.2, 0.25) is 0 Å². The number of rotatable bonds is 4. The van der Waals surface area contributed by atoms with E-state index in [1.165, 1.54) is 15.1 Å². The van der Waals surface area contributed by atoms with Crippen LogP contribution in [0, 0.1) is 0 Å². The Morgan fingerprint density at radius 3 is 2.30 bits per heavy atom. The lowest BCUT2D eigenvalue weighted by atomic mass is 10.3. The van der Waals surface area contributed by atoms with E-state index in [0.29, 0.717) is 5.69 Å². The van der Waals surface area contributed by atoms with Crippen LogP contribution in [0.3, 0.4) is 0 Å². The summed E-state index contributed by atoms with van der Waals surface area (Å²) in [5, 5.41) is 0. The topological polar surface area (TPSA) is 52.6 Å². The molecule has 6 heteroatoms. The molecule has 0 bridgehead atoms. The highest BCUT2D eigenvalue weighted by molar-refractivity contribution is 8.73. The van der Waals surface area contributed by atoms with Gasteiger partial charge in [0, 0.05) is 0 Å². The molecule has 0 aliphatic heterocycles. The molecular formula is C14H21NO3S2. The second-order valence-electron chi connectivity index (χ2n) is 5.48. The van der Waals surface area contributed by atoms with E-state index in [2.05, 4.69) is 0 Å². The summed E-state index contributed by atoms with van der Waals surface area (Å²) < 4.78 is 18.6. The fourth-order valence-electron chi connectivity index (χ4n) is 1.32. The van der Waals surface area contributed by atoms with Crippen molar-refractivity contribution in [1.82, 2.24) is 0 Å². The zero-order chi connectivity index (χ0) is 15.3. The van der Waals surface area contributed by atoms with Crippen LogP contribution in [0.15, 0.2) is 30.3 Å². The molecule has 1 aromatic rings. The number of hydrogen-bond donors (Lipinski definition) is 0. The quantitative estimate of drug-likeness (QED) is 0.619. The van der Waals surface area contributed by atoms with Gasteiger partial charge >= 0.3 is 6.09 Å². The monoisotopic (exact) mass is 315 g/mol. The van der Waals surface area contributed by atoms with Crippen LogP contribution in [-0.2, 0) is 15.1 Å². The van der Waals surface area contributed by atoms with Crippen molar-refractivity contribution in [3.05, 3.63) is 30.3 Å². The van der Waals surface area contributed by atoms with Crippen LogP contribution >= 0.6 is 10.8 Å². The number of nitrogens with zero attached hydrogens (tertiary/aromatic N) is 1. The highest BCUT2D eigenvalue weighted by atomic mass is 33.1. The van der Waals surface area contributed by atoms with Gasteiger partial charge < -0.3 is 9.29 Å². The van der Waals surface area contributed by atoms with Crippen molar-refractivity contribution in [2.24, 2.45) is 0 Å². The van der Waals surface area contributed by atoms with Gasteiger partial charge in [-0.2, -0.15) is 0 Å². The normalized spacial score (nSPS) is 13.2. The summed E-state index contributed by atoms with van der Waals surface area (Å²) in [5.41, 5.74) is 0.563. The van der Waals surface area contributed by atoms with E-state index in [-0.39, 0.29) is 10.9 Å². The molecule has 0 aliphatic rings. The highest BCUT2D eigenvalue weighted by Crippen LogP contribution is 2.34. The third kappa shape index (κ3) is 5.64. The first-order chi connectivity index (χ1) is 9.20. The number of carbonyl (C=O) groups is 1. The SMILES string of the molecule is CC(C)OC(=O)N(c1ccccc1)[S+]([O-])SC(C)(C)C. The maximum absolute atomic E-state index is 12.5. The molecule has 0 saturated carbocycles. The Bertz CT molecular complexity index is 432. The van der Waals surface area contributed by atoms with E-state index in [1.807, 2.05) is 26.8 Å². The molecule has 1 unspecified atom stereocenters. The maximum atomic E-state index is 12.5. The lowest BCUT2D eigenvalue weighted by Gasteiger charge is -2.26. The Kier molecular flexibility index (Phi) is 6.23. The molecule has 0 aliphatic carbocycles. The zero-order valence-electron chi connectivity index (χ0n) is 12.5. The first kappa shape index (κ1) is 17.2. The third-order valence-corrected chi connectivity index (χ3v) is 5.64. The van der Waals surface area contributed by atoms with Crippen LogP contribution in [0.25, 0.3) is 0 Å². The molecule has 1 amide bonds. The van der Waals surface area contributed by atoms with Gasteiger partial charge in [-0.3, -0.25) is 0 Å². The van der Waals surface area contributed by atoms with Gasteiger partial charge in [0.25, 0.3) is 0 Å². The van der Waals surface area contributed by atoms with E-state index in [4.69, 9.17) is 4.74 Å². The molecule has 0 spiro atoms. The number of ether oxygens (including phenoxy) is 1. The summed E-state index contributed by atoms with van der Waals surface area (Å²) in [6, 6.07) is 8.91. The van der Waals surface area contributed by atoms with Gasteiger partial charge in [-0.25, -0.2) is 4.79 Å². The third-order valence-electron chi connectivity index (χ3n) is 1.96. The largest absolute Gasteiger partial charge is 0.581 e. The molecule has 0 heterocycles. The molecule has 0 saturated heterocycles. The predicted octanol–water partition coefficient (Wildman–Crippen LogP) is 4.15. The van der Waals surface area contributed by atoms with Crippen molar-refractivity contribution >= 4 is 33.0 Å². The number of benzene rings is 1. The van der Waals surface area contributed by atoms with Crippen LogP contribution < -0.4 is 4.31 Å². The summed E-state index contributed by atoms with van der Waals surface area (Å²) in [4.78, 5) is 12.2. The second kappa shape index (κ2) is 7.24. The van der Waals surface area contributed by atoms with Gasteiger partial charge in [0.2, 0.25) is 0 Å². The van der Waals surface area contributed by atoms with Gasteiger partial charge in [-0.15, -0.1) is 0 Å². The minimum atomic E-state index is -1.55. The number of carbonyl (C=O) groups excluding carboxylic acids is 1. The highest BCUT2D eigenvalue weighted by Gasteiger charge is 2.35. The molecular weight excluding hydrogens is 294 g/mol. The molecule has 1 aromatic carbocycles. The molecule has 1 atom stereocenters. The first-order valence-corrected chi connectivity index (χ1v) is 8.82. The molecule has 0 fully saturated rings. The molecule has 20 heavy (non-hydrogen) atoms. The Labute approximate surface area is 127 Å². The Balaban J connectivity index is 2.99. The number of para-hydroxylation sites is 1. The zero-order valence-corrected chi connectivity index (χ0v) is 14.1. The summed E-state index contributed by atoms with van der Waals surface area (Å²) >= 11 is 0. The lowest BCUT2D eigenvalue weighted by molar-refractivity contribution is 0.126. The summed E-state index contributed by atoms with van der Waals surface area (Å²) in [6.45, 7) is 9.38. The maximum Gasteiger partial charge on any atom is 0.457 e. The smallest absolute Gasteiger partial charge is 0.457 e. The fraction of sp³-hybridized carbons (Fsp3) is 0.500. The lowest BCUT2D eigenvalue weighted by Crippen LogP contribution is -2.38. The van der Waals surface area contributed by atoms with Crippen LogP contribution in [0.1, 0.15) is 34.6 Å². The van der Waals surface area contributed by atoms with Crippen molar-refractivity contribution in [3.63, 3.8) is 0 Å². The Morgan fingerprint density at radius 2 is 1.85 bits per heavy atom. The second-order valence-corrected chi connectivity index (χ2v) is 9.02. The van der Waals surface area contributed by atoms with Gasteiger partial charge in [-0.1, -0.05) is 22.5 Å². The molecule has 0 N–H and O–H groups in total. The summed E-state index contributed by atoms with van der Waals surface area (Å²) in [7, 11) is -0.337. The standard InChI is InChI=1S/C14H21NO3S2/c1-11(2)18-13(16)15(12-9-7-6-8-10-12)20(17)19-14(3,4)5/h6-11H,1-5H3. The molecule has 0 aromatic heterocycles. The van der Waals surface area contributed by atoms with Crippen molar-refractivity contribution < 1.29 is 14.1 Å². The first-order valence-electron chi connectivity index (χ1n) is 6.38. The van der Waals surface area contributed by atoms with Crippen LogP contribution in [0.5, 0.6) is 0 Å². The van der Waals surface area contributed by atoms with Gasteiger partial charge in [0.05, 0.1) is 16.5 Å². The van der Waals surface area contributed by atoms with E-state index in [0.717, 1.165) is 0 Å². The van der Waals surface area contributed by atoms with Gasteiger partial charge in [-0.05, 0) is 46.8 Å². The molecule has 4 nitrogen and oxygen atoms in total. The average Bonchev–Trinajstić information content (AvgIpc) is 2.26. The van der Waals surface area contributed by atoms with E-state index in [9.17, 15) is 9.35 Å². The predicted molar refractivity (Wildman–Crippen MR) is 86.0 cm³/mol.